The van der Waals surface area contributed by atoms with Gasteiger partial charge < -0.3 is 60.4 Å². The molecule has 25 heteroatoms. The molecule has 4 unspecified atom stereocenters. The molecule has 22 nitrogen and oxygen atoms in total. The van der Waals surface area contributed by atoms with Crippen LogP contribution in [0.25, 0.3) is 11.2 Å². The van der Waals surface area contributed by atoms with Crippen LogP contribution < -0.4 is 5.73 Å². The first kappa shape index (κ1) is 34.4. The number of hydrogen-bond acceptors (Lipinski definition) is 17. The maximum atomic E-state index is 11.8. The average Bonchev–Trinajstić information content (AvgIpc) is 3.37. The van der Waals surface area contributed by atoms with Crippen molar-refractivity contribution in [3.63, 3.8) is 0 Å². The van der Waals surface area contributed by atoms with E-state index in [2.05, 4.69) is 28.1 Å². The number of nitrogens with two attached hydrogens (primary N) is 1. The summed E-state index contributed by atoms with van der Waals surface area (Å²) in [4.78, 5) is 56.9. The van der Waals surface area contributed by atoms with Crippen LogP contribution in [0, 0.1) is 0 Å². The molecule has 1 aliphatic rings. The van der Waals surface area contributed by atoms with E-state index >= 15 is 0 Å². The van der Waals surface area contributed by atoms with Crippen LogP contribution in [-0.4, -0.2) is 115 Å². The van der Waals surface area contributed by atoms with Gasteiger partial charge in [-0.3, -0.25) is 9.09 Å². The first-order valence-corrected chi connectivity index (χ1v) is 15.1. The molecule has 0 bridgehead atoms. The number of nitrogens with zero attached hydrogens (tertiary/aromatic N) is 4. The molecule has 1 saturated heterocycles. The molecule has 0 aromatic carbocycles. The number of nitrogen functional groups attached to an aromatic ring is 1. The molecule has 3 heterocycles. The molecular formula is C15H26N5O17P3. The Morgan fingerprint density at radius 1 is 1.02 bits per heavy atom. The maximum absolute atomic E-state index is 11.8. The second-order valence-electron chi connectivity index (χ2n) is 7.74. The lowest BCUT2D eigenvalue weighted by molar-refractivity contribution is -0.111. The topological polar surface area (TPSA) is 357 Å². The number of phosphoric ester groups is 1. The van der Waals surface area contributed by atoms with Gasteiger partial charge in [-0.15, -0.1) is 0 Å². The number of imidazole rings is 1. The van der Waals surface area contributed by atoms with E-state index in [1.54, 1.807) is 0 Å². The summed E-state index contributed by atoms with van der Waals surface area (Å²) in [5.74, 6) is 0.0426. The molecular weight excluding hydrogens is 615 g/mol. The lowest BCUT2D eigenvalue weighted by Gasteiger charge is -2.19. The number of carbonyl (C=O) groups excluding carboxylic acids is 1. The number of hydrogen-bond donors (Lipinski definition) is 10. The molecule has 2 aromatic heterocycles. The highest BCUT2D eigenvalue weighted by molar-refractivity contribution is 7.66. The molecule has 40 heavy (non-hydrogen) atoms. The van der Waals surface area contributed by atoms with Gasteiger partial charge in [0.25, 0.3) is 0 Å². The molecule has 0 aliphatic carbocycles. The highest BCUT2D eigenvalue weighted by atomic mass is 31.3. The third kappa shape index (κ3) is 9.64. The minimum absolute atomic E-state index is 0.0426. The minimum Gasteiger partial charge on any atom is -0.394 e. The monoisotopic (exact) mass is 641 g/mol. The van der Waals surface area contributed by atoms with Crippen LogP contribution in [-0.2, 0) is 36.4 Å². The highest BCUT2D eigenvalue weighted by Crippen LogP contribution is 2.66. The van der Waals surface area contributed by atoms with Gasteiger partial charge in [-0.1, -0.05) is 0 Å². The molecule has 0 saturated carbocycles. The number of aliphatic hydroxyl groups excluding tert-OH is 5. The highest BCUT2D eigenvalue weighted by Gasteiger charge is 2.47. The first-order chi connectivity index (χ1) is 18.4. The summed E-state index contributed by atoms with van der Waals surface area (Å²) in [7, 11) is -16.7. The van der Waals surface area contributed by atoms with E-state index < -0.39 is 73.4 Å². The summed E-state index contributed by atoms with van der Waals surface area (Å²) in [5.41, 5.74) is 6.00. The fraction of sp³-hybridized carbons (Fsp3) is 0.600. The summed E-state index contributed by atoms with van der Waals surface area (Å²) < 4.78 is 51.9. The Kier molecular flexibility index (Phi) is 12.0. The summed E-state index contributed by atoms with van der Waals surface area (Å²) in [6, 6.07) is 0. The zero-order valence-electron chi connectivity index (χ0n) is 19.8. The van der Waals surface area contributed by atoms with Crippen LogP contribution in [0.4, 0.5) is 5.82 Å². The smallest absolute Gasteiger partial charge is 0.394 e. The van der Waals surface area contributed by atoms with Crippen LogP contribution in [0.5, 0.6) is 0 Å². The Labute approximate surface area is 223 Å². The van der Waals surface area contributed by atoms with Gasteiger partial charge in [0.15, 0.2) is 17.7 Å². The predicted octanol–water partition coefficient (Wildman–Crippen LogP) is -3.34. The zero-order valence-corrected chi connectivity index (χ0v) is 22.5. The molecule has 3 rings (SSSR count). The molecule has 8 atom stereocenters. The summed E-state index contributed by atoms with van der Waals surface area (Å²) in [6.07, 6.45) is -5.67. The number of rotatable bonds is 12. The SMILES string of the molecule is Nc1ncnc2c1ncn2[C@@H]1O[C@H](COP(=O)(O)OP(=O)(O)OP(=O)(O)O)[C@@H](O)[C@H]1O.O=CCC(O)C(O)CO. The summed E-state index contributed by atoms with van der Waals surface area (Å²) in [6.45, 7) is -1.48. The van der Waals surface area contributed by atoms with E-state index in [9.17, 15) is 33.6 Å². The quantitative estimate of drug-likeness (QED) is 0.0799. The maximum Gasteiger partial charge on any atom is 0.490 e. The number of fused-ring (bicyclic) bond motifs is 1. The lowest BCUT2D eigenvalue weighted by Crippen LogP contribution is -2.33. The molecule has 2 aromatic rings. The second kappa shape index (κ2) is 13.9. The van der Waals surface area contributed by atoms with E-state index in [0.29, 0.717) is 6.29 Å². The third-order valence-electron chi connectivity index (χ3n) is 4.79. The van der Waals surface area contributed by atoms with E-state index in [1.165, 1.54) is 10.9 Å². The van der Waals surface area contributed by atoms with Crippen LogP contribution in [0.15, 0.2) is 12.7 Å². The standard InChI is InChI=1S/C10H16N5O13P3.C5H10O4/c11-8-5-9(13-2-12-8)15(3-14-5)10-7(17)6(16)4(26-10)1-25-30(21,22)28-31(23,24)27-29(18,19)20;6-2-1-4(8)5(9)3-7/h2-4,6-7,10,16-17H,1H2,(H,21,22)(H,23,24)(H2,11,12,13)(H2,18,19,20);2,4-5,7-9H,1,3H2/t4-,6-,7-,10-;/m1./s1. The average molecular weight is 641 g/mol. The lowest BCUT2D eigenvalue weighted by atomic mass is 10.1. The number of ether oxygens (including phenoxy) is 1. The van der Waals surface area contributed by atoms with Crippen LogP contribution >= 0.6 is 23.5 Å². The fourth-order valence-corrected chi connectivity index (χ4v) is 6.03. The molecule has 11 N–H and O–H groups in total. The van der Waals surface area contributed by atoms with E-state index in [1.807, 2.05) is 0 Å². The van der Waals surface area contributed by atoms with Gasteiger partial charge in [-0.25, -0.2) is 28.6 Å². The van der Waals surface area contributed by atoms with Gasteiger partial charge in [0.1, 0.15) is 42.5 Å². The van der Waals surface area contributed by atoms with Crippen molar-refractivity contribution in [1.29, 1.82) is 0 Å². The van der Waals surface area contributed by atoms with Crippen molar-refractivity contribution < 1.29 is 81.5 Å². The molecule has 1 aliphatic heterocycles. The Bertz CT molecular complexity index is 1290. The Morgan fingerprint density at radius 2 is 1.68 bits per heavy atom. The number of phosphoric acid groups is 3. The van der Waals surface area contributed by atoms with Crippen LogP contribution in [0.1, 0.15) is 12.6 Å². The van der Waals surface area contributed by atoms with Gasteiger partial charge in [0, 0.05) is 6.42 Å². The van der Waals surface area contributed by atoms with Crippen molar-refractivity contribution in [1.82, 2.24) is 19.5 Å². The normalized spacial score (nSPS) is 25.8. The third-order valence-corrected chi connectivity index (χ3v) is 8.59. The Balaban J connectivity index is 0.000000536. The summed E-state index contributed by atoms with van der Waals surface area (Å²) >= 11 is 0. The first-order valence-electron chi connectivity index (χ1n) is 10.5. The van der Waals surface area contributed by atoms with Gasteiger partial charge >= 0.3 is 23.5 Å². The number of aldehydes is 1. The van der Waals surface area contributed by atoms with Crippen molar-refractivity contribution >= 4 is 46.7 Å². The van der Waals surface area contributed by atoms with E-state index in [0.717, 1.165) is 6.33 Å². The molecule has 0 radical (unpaired) electrons. The van der Waals surface area contributed by atoms with Crippen LogP contribution in [0.3, 0.4) is 0 Å². The fourth-order valence-electron chi connectivity index (χ4n) is 3.00. The molecule has 1 fully saturated rings. The second-order valence-corrected chi connectivity index (χ2v) is 12.2. The van der Waals surface area contributed by atoms with Gasteiger partial charge in [0.2, 0.25) is 0 Å². The van der Waals surface area contributed by atoms with Crippen molar-refractivity contribution in [3.8, 4) is 0 Å². The van der Waals surface area contributed by atoms with E-state index in [4.69, 9.17) is 40.5 Å². The molecule has 0 spiro atoms. The van der Waals surface area contributed by atoms with E-state index in [-0.39, 0.29) is 23.4 Å². The Hall–Kier alpha value is -1.81. The minimum atomic E-state index is -5.70. The summed E-state index contributed by atoms with van der Waals surface area (Å²) in [5, 5.41) is 45.9. The molecule has 228 valence electrons. The number of aliphatic hydroxyl groups is 5. The largest absolute Gasteiger partial charge is 0.490 e. The van der Waals surface area contributed by atoms with Gasteiger partial charge in [-0.2, -0.15) is 8.62 Å². The zero-order chi connectivity index (χ0) is 30.5. The van der Waals surface area contributed by atoms with Crippen LogP contribution in [0.2, 0.25) is 0 Å². The Morgan fingerprint density at radius 3 is 2.25 bits per heavy atom. The number of anilines is 1. The van der Waals surface area contributed by atoms with Crippen molar-refractivity contribution in [2.75, 3.05) is 18.9 Å². The number of aromatic nitrogens is 4. The number of carbonyl (C=O) groups is 1. The van der Waals surface area contributed by atoms with Gasteiger partial charge in [-0.05, 0) is 0 Å². The predicted molar refractivity (Wildman–Crippen MR) is 125 cm³/mol. The van der Waals surface area contributed by atoms with Crippen molar-refractivity contribution in [2.45, 2.75) is 43.2 Å². The van der Waals surface area contributed by atoms with Gasteiger partial charge in [0.05, 0.1) is 25.6 Å². The van der Waals surface area contributed by atoms with Crippen molar-refractivity contribution in [3.05, 3.63) is 12.7 Å². The van der Waals surface area contributed by atoms with Crippen molar-refractivity contribution in [2.24, 2.45) is 0 Å². The molecule has 0 amide bonds.